The van der Waals surface area contributed by atoms with Gasteiger partial charge in [0.05, 0.1) is 23.4 Å². The Balaban J connectivity index is 1.86. The van der Waals surface area contributed by atoms with Crippen molar-refractivity contribution in [3.05, 3.63) is 0 Å². The van der Waals surface area contributed by atoms with E-state index in [-0.39, 0.29) is 37.6 Å². The van der Waals surface area contributed by atoms with Crippen LogP contribution in [-0.2, 0) is 9.53 Å². The van der Waals surface area contributed by atoms with Crippen LogP contribution in [-0.4, -0.2) is 66.6 Å². The fourth-order valence-electron chi connectivity index (χ4n) is 8.27. The average Bonchev–Trinajstić information content (AvgIpc) is 2.92. The van der Waals surface area contributed by atoms with E-state index in [1.54, 1.807) is 20.8 Å². The lowest BCUT2D eigenvalue weighted by Crippen LogP contribution is -2.61. The summed E-state index contributed by atoms with van der Waals surface area (Å²) in [5, 5.41) is 57.7. The summed E-state index contributed by atoms with van der Waals surface area (Å²) in [6.45, 7) is 9.02. The number of aliphatic hydroxyl groups is 5. The Labute approximate surface area is 184 Å². The number of aliphatic hydroxyl groups excluding tert-OH is 2. The standard InChI is InChI=1S/C24H40O7/c1-6-7-18(27)31-19-14-8-9-23(29)13(2)15-10-16(25)20(3,4)24(15,30)17(26)11-22(19,23)12-21(14,5)28/h13-17,19,25-26,28-30H,6-12H2,1-5H3/t13-,14+,15+,16+,17+,19?,21-,22?,23-,24+/m1/s1. The molecule has 4 saturated carbocycles. The van der Waals surface area contributed by atoms with Crippen molar-refractivity contribution in [1.82, 2.24) is 0 Å². The second kappa shape index (κ2) is 6.89. The highest BCUT2D eigenvalue weighted by Gasteiger charge is 2.78. The van der Waals surface area contributed by atoms with E-state index in [2.05, 4.69) is 0 Å². The molecule has 2 bridgehead atoms. The molecule has 5 N–H and O–H groups in total. The van der Waals surface area contributed by atoms with Crippen LogP contribution < -0.4 is 0 Å². The van der Waals surface area contributed by atoms with Gasteiger partial charge in [-0.15, -0.1) is 0 Å². The molecule has 1 spiro atoms. The minimum Gasteiger partial charge on any atom is -0.461 e. The number of esters is 1. The van der Waals surface area contributed by atoms with Crippen LogP contribution in [0.4, 0.5) is 0 Å². The molecule has 4 rings (SSSR count). The molecular formula is C24H40O7. The Kier molecular flexibility index (Phi) is 5.21. The smallest absolute Gasteiger partial charge is 0.306 e. The fourth-order valence-corrected chi connectivity index (χ4v) is 8.27. The van der Waals surface area contributed by atoms with Crippen LogP contribution in [0.3, 0.4) is 0 Å². The Morgan fingerprint density at radius 1 is 1.06 bits per heavy atom. The number of rotatable bonds is 3. The zero-order chi connectivity index (χ0) is 23.2. The van der Waals surface area contributed by atoms with E-state index in [9.17, 15) is 30.3 Å². The molecule has 0 saturated heterocycles. The zero-order valence-corrected chi connectivity index (χ0v) is 19.5. The molecule has 178 valence electrons. The van der Waals surface area contributed by atoms with E-state index in [1.807, 2.05) is 13.8 Å². The van der Waals surface area contributed by atoms with Crippen molar-refractivity contribution in [2.45, 2.75) is 115 Å². The molecule has 7 nitrogen and oxygen atoms in total. The first-order valence-electron chi connectivity index (χ1n) is 11.9. The van der Waals surface area contributed by atoms with Gasteiger partial charge in [-0.1, -0.05) is 27.7 Å². The zero-order valence-electron chi connectivity index (χ0n) is 19.5. The first-order chi connectivity index (χ1) is 14.2. The van der Waals surface area contributed by atoms with Crippen molar-refractivity contribution in [2.75, 3.05) is 0 Å². The summed E-state index contributed by atoms with van der Waals surface area (Å²) >= 11 is 0. The maximum atomic E-state index is 12.5. The number of hydrogen-bond acceptors (Lipinski definition) is 7. The van der Waals surface area contributed by atoms with Crippen molar-refractivity contribution in [1.29, 1.82) is 0 Å². The van der Waals surface area contributed by atoms with Gasteiger partial charge in [0.15, 0.2) is 0 Å². The number of carbonyl (C=O) groups excluding carboxylic acids is 1. The van der Waals surface area contributed by atoms with E-state index >= 15 is 0 Å². The van der Waals surface area contributed by atoms with Gasteiger partial charge in [0, 0.05) is 23.2 Å². The fraction of sp³-hybridized carbons (Fsp3) is 0.958. The SMILES string of the molecule is CCCC(=O)OC1[C@@H]2CC[C@@]3(O)[C@H](C)[C@@H]4C[C@H](O)C(C)(C)[C@@]4(O)[C@@H](O)CC13C[C@@]2(C)O. The van der Waals surface area contributed by atoms with E-state index in [4.69, 9.17) is 4.74 Å². The summed E-state index contributed by atoms with van der Waals surface area (Å²) in [7, 11) is 0. The minimum atomic E-state index is -1.60. The molecule has 0 heterocycles. The average molecular weight is 441 g/mol. The summed E-state index contributed by atoms with van der Waals surface area (Å²) in [5.41, 5.74) is -6.14. The van der Waals surface area contributed by atoms with Crippen LogP contribution in [0.5, 0.6) is 0 Å². The molecule has 0 aliphatic heterocycles. The van der Waals surface area contributed by atoms with Crippen molar-refractivity contribution in [3.8, 4) is 0 Å². The Morgan fingerprint density at radius 3 is 2.32 bits per heavy atom. The summed E-state index contributed by atoms with van der Waals surface area (Å²) < 4.78 is 5.96. The molecule has 4 fully saturated rings. The first-order valence-corrected chi connectivity index (χ1v) is 11.9. The Bertz CT molecular complexity index is 750. The number of hydrogen-bond donors (Lipinski definition) is 5. The Hall–Kier alpha value is -0.730. The van der Waals surface area contributed by atoms with Gasteiger partial charge in [0.1, 0.15) is 11.7 Å². The summed E-state index contributed by atoms with van der Waals surface area (Å²) in [5.74, 6) is -1.68. The van der Waals surface area contributed by atoms with Gasteiger partial charge < -0.3 is 30.3 Å². The minimum absolute atomic E-state index is 0.00765. The molecule has 0 aromatic heterocycles. The van der Waals surface area contributed by atoms with Crippen molar-refractivity contribution >= 4 is 5.97 Å². The van der Waals surface area contributed by atoms with Crippen molar-refractivity contribution in [3.63, 3.8) is 0 Å². The lowest BCUT2D eigenvalue weighted by molar-refractivity contribution is -0.216. The van der Waals surface area contributed by atoms with E-state index < -0.39 is 57.8 Å². The lowest BCUT2D eigenvalue weighted by atomic mass is 9.56. The number of carbonyl (C=O) groups is 1. The predicted molar refractivity (Wildman–Crippen MR) is 113 cm³/mol. The van der Waals surface area contributed by atoms with Gasteiger partial charge in [-0.3, -0.25) is 4.79 Å². The van der Waals surface area contributed by atoms with Gasteiger partial charge in [-0.25, -0.2) is 0 Å². The Morgan fingerprint density at radius 2 is 1.71 bits per heavy atom. The highest BCUT2D eigenvalue weighted by Crippen LogP contribution is 2.70. The van der Waals surface area contributed by atoms with Crippen molar-refractivity contribution < 1.29 is 35.1 Å². The monoisotopic (exact) mass is 440 g/mol. The summed E-state index contributed by atoms with van der Waals surface area (Å²) in [6.07, 6.45) is -0.514. The summed E-state index contributed by atoms with van der Waals surface area (Å²) in [4.78, 5) is 12.5. The first kappa shape index (κ1) is 23.4. The molecule has 4 aliphatic carbocycles. The van der Waals surface area contributed by atoms with Gasteiger partial charge in [-0.05, 0) is 57.3 Å². The quantitative estimate of drug-likeness (QED) is 0.421. The topological polar surface area (TPSA) is 127 Å². The van der Waals surface area contributed by atoms with Gasteiger partial charge in [0.25, 0.3) is 0 Å². The second-order valence-corrected chi connectivity index (χ2v) is 11.8. The molecule has 0 aromatic carbocycles. The van der Waals surface area contributed by atoms with Crippen LogP contribution in [0, 0.1) is 28.6 Å². The van der Waals surface area contributed by atoms with Crippen LogP contribution in [0.15, 0.2) is 0 Å². The molecule has 4 aliphatic rings. The van der Waals surface area contributed by atoms with Crippen LogP contribution in [0.25, 0.3) is 0 Å². The molecule has 0 amide bonds. The molecule has 0 aromatic rings. The van der Waals surface area contributed by atoms with Crippen LogP contribution >= 0.6 is 0 Å². The van der Waals surface area contributed by atoms with Gasteiger partial charge >= 0.3 is 5.97 Å². The molecule has 0 radical (unpaired) electrons. The highest BCUT2D eigenvalue weighted by molar-refractivity contribution is 5.69. The summed E-state index contributed by atoms with van der Waals surface area (Å²) in [6, 6.07) is 0. The molecule has 2 unspecified atom stereocenters. The van der Waals surface area contributed by atoms with Gasteiger partial charge in [0.2, 0.25) is 0 Å². The van der Waals surface area contributed by atoms with E-state index in [0.717, 1.165) is 0 Å². The molecular weight excluding hydrogens is 400 g/mol. The van der Waals surface area contributed by atoms with Gasteiger partial charge in [-0.2, -0.15) is 0 Å². The normalized spacial score (nSPS) is 55.3. The third kappa shape index (κ3) is 2.73. The molecule has 10 atom stereocenters. The molecule has 31 heavy (non-hydrogen) atoms. The maximum absolute atomic E-state index is 12.5. The molecule has 7 heteroatoms. The van der Waals surface area contributed by atoms with E-state index in [1.165, 1.54) is 0 Å². The number of fused-ring (bicyclic) bond motifs is 2. The third-order valence-electron chi connectivity index (χ3n) is 10.1. The van der Waals surface area contributed by atoms with E-state index in [0.29, 0.717) is 19.3 Å². The van der Waals surface area contributed by atoms with Crippen molar-refractivity contribution in [2.24, 2.45) is 28.6 Å². The van der Waals surface area contributed by atoms with Crippen LogP contribution in [0.2, 0.25) is 0 Å². The lowest BCUT2D eigenvalue weighted by Gasteiger charge is -2.54. The predicted octanol–water partition coefficient (Wildman–Crippen LogP) is 1.52. The third-order valence-corrected chi connectivity index (χ3v) is 10.1. The van der Waals surface area contributed by atoms with Crippen LogP contribution in [0.1, 0.15) is 79.6 Å². The largest absolute Gasteiger partial charge is 0.461 e. The number of ether oxygens (including phenoxy) is 1. The maximum Gasteiger partial charge on any atom is 0.306 e. The second-order valence-electron chi connectivity index (χ2n) is 11.8. The highest BCUT2D eigenvalue weighted by atomic mass is 16.5.